The molecule has 1 aliphatic rings. The van der Waals surface area contributed by atoms with Gasteiger partial charge in [0.25, 0.3) is 0 Å². The first kappa shape index (κ1) is 13.3. The van der Waals surface area contributed by atoms with Crippen LogP contribution in [0.3, 0.4) is 0 Å². The first-order valence-electron chi connectivity index (χ1n) is 7.34. The van der Waals surface area contributed by atoms with Crippen molar-refractivity contribution in [2.24, 2.45) is 0 Å². The molecular weight excluding hydrogens is 249 g/mol. The van der Waals surface area contributed by atoms with E-state index < -0.39 is 0 Å². The van der Waals surface area contributed by atoms with Crippen molar-refractivity contribution in [3.8, 4) is 0 Å². The van der Waals surface area contributed by atoms with Crippen LogP contribution in [0.1, 0.15) is 29.9 Å². The molecule has 2 aromatic carbocycles. The highest BCUT2D eigenvalue weighted by Gasteiger charge is 2.29. The van der Waals surface area contributed by atoms with E-state index in [1.807, 2.05) is 12.1 Å². The van der Waals surface area contributed by atoms with Crippen molar-refractivity contribution < 1.29 is 4.39 Å². The minimum atomic E-state index is -0.161. The van der Waals surface area contributed by atoms with E-state index in [0.717, 1.165) is 18.9 Å². The molecule has 0 heterocycles. The second kappa shape index (κ2) is 6.19. The largest absolute Gasteiger partial charge is 0.314 e. The fourth-order valence-corrected chi connectivity index (χ4v) is 2.85. The summed E-state index contributed by atoms with van der Waals surface area (Å²) in [5, 5.41) is 3.59. The molecule has 2 heteroatoms. The van der Waals surface area contributed by atoms with Gasteiger partial charge in [-0.15, -0.1) is 0 Å². The van der Waals surface area contributed by atoms with E-state index in [-0.39, 0.29) is 5.82 Å². The fraction of sp³-hybridized carbons (Fsp3) is 0.333. The van der Waals surface area contributed by atoms with Gasteiger partial charge in [-0.2, -0.15) is 0 Å². The Kier molecular flexibility index (Phi) is 4.12. The summed E-state index contributed by atoms with van der Waals surface area (Å²) in [5.41, 5.74) is 2.65. The Bertz CT molecular complexity index is 529. The molecule has 0 bridgehead atoms. The Labute approximate surface area is 119 Å². The molecule has 0 amide bonds. The highest BCUT2D eigenvalue weighted by molar-refractivity contribution is 5.23. The minimum Gasteiger partial charge on any atom is -0.314 e. The lowest BCUT2D eigenvalue weighted by Crippen LogP contribution is -2.40. The van der Waals surface area contributed by atoms with Crippen LogP contribution in [0.15, 0.2) is 54.6 Å². The highest BCUT2D eigenvalue weighted by Crippen LogP contribution is 2.36. The van der Waals surface area contributed by atoms with Crippen LogP contribution in [0.5, 0.6) is 0 Å². The minimum absolute atomic E-state index is 0.161. The summed E-state index contributed by atoms with van der Waals surface area (Å²) in [5.74, 6) is 0.561. The van der Waals surface area contributed by atoms with Gasteiger partial charge in [-0.25, -0.2) is 4.39 Å². The van der Waals surface area contributed by atoms with Gasteiger partial charge >= 0.3 is 0 Å². The van der Waals surface area contributed by atoms with Crippen molar-refractivity contribution in [3.05, 3.63) is 71.5 Å². The normalized spacial score (nSPS) is 21.4. The molecule has 0 radical (unpaired) electrons. The maximum atomic E-state index is 12.8. The second-order valence-electron chi connectivity index (χ2n) is 5.61. The average molecular weight is 269 g/mol. The smallest absolute Gasteiger partial charge is 0.123 e. The monoisotopic (exact) mass is 269 g/mol. The first-order chi connectivity index (χ1) is 9.81. The molecule has 0 aromatic heterocycles. The van der Waals surface area contributed by atoms with Crippen molar-refractivity contribution in [1.29, 1.82) is 0 Å². The van der Waals surface area contributed by atoms with Gasteiger partial charge in [0, 0.05) is 6.04 Å². The lowest BCUT2D eigenvalue weighted by molar-refractivity contribution is 0.293. The van der Waals surface area contributed by atoms with Crippen molar-refractivity contribution in [2.75, 3.05) is 6.54 Å². The van der Waals surface area contributed by atoms with Crippen LogP contribution in [-0.4, -0.2) is 12.6 Å². The molecule has 0 unspecified atom stereocenters. The molecule has 1 N–H and O–H groups in total. The average Bonchev–Trinajstić information content (AvgIpc) is 2.44. The predicted molar refractivity (Wildman–Crippen MR) is 80.3 cm³/mol. The molecule has 3 rings (SSSR count). The van der Waals surface area contributed by atoms with E-state index >= 15 is 0 Å². The summed E-state index contributed by atoms with van der Waals surface area (Å²) in [7, 11) is 0. The van der Waals surface area contributed by atoms with Gasteiger partial charge in [-0.3, -0.25) is 0 Å². The third-order valence-corrected chi connectivity index (χ3v) is 4.17. The molecule has 1 fully saturated rings. The predicted octanol–water partition coefficient (Wildman–Crippen LogP) is 3.90. The summed E-state index contributed by atoms with van der Waals surface area (Å²) in [6, 6.07) is 18.2. The fourth-order valence-electron chi connectivity index (χ4n) is 2.85. The lowest BCUT2D eigenvalue weighted by atomic mass is 9.76. The van der Waals surface area contributed by atoms with E-state index in [0.29, 0.717) is 6.04 Å². The maximum Gasteiger partial charge on any atom is 0.123 e. The summed E-state index contributed by atoms with van der Waals surface area (Å²) in [6.07, 6.45) is 3.42. The summed E-state index contributed by atoms with van der Waals surface area (Å²) in [6.45, 7) is 0.970. The topological polar surface area (TPSA) is 12.0 Å². The summed E-state index contributed by atoms with van der Waals surface area (Å²) < 4.78 is 12.8. The number of hydrogen-bond donors (Lipinski definition) is 1. The zero-order chi connectivity index (χ0) is 13.8. The molecule has 0 spiro atoms. The number of nitrogens with one attached hydrogen (secondary N) is 1. The van der Waals surface area contributed by atoms with Gasteiger partial charge < -0.3 is 5.32 Å². The molecule has 1 aliphatic carbocycles. The van der Waals surface area contributed by atoms with Crippen molar-refractivity contribution in [3.63, 3.8) is 0 Å². The van der Waals surface area contributed by atoms with E-state index in [2.05, 4.69) is 35.6 Å². The Morgan fingerprint density at radius 1 is 0.950 bits per heavy atom. The van der Waals surface area contributed by atoms with Crippen LogP contribution in [-0.2, 0) is 6.42 Å². The van der Waals surface area contributed by atoms with Crippen LogP contribution >= 0.6 is 0 Å². The number of halogens is 1. The number of benzene rings is 2. The van der Waals surface area contributed by atoms with Crippen molar-refractivity contribution in [1.82, 2.24) is 5.32 Å². The SMILES string of the molecule is Fc1ccc(CCNC2CC(c3ccccc3)C2)cc1. The Morgan fingerprint density at radius 2 is 1.65 bits per heavy atom. The van der Waals surface area contributed by atoms with E-state index in [9.17, 15) is 4.39 Å². The molecule has 1 saturated carbocycles. The highest BCUT2D eigenvalue weighted by atomic mass is 19.1. The van der Waals surface area contributed by atoms with Crippen LogP contribution in [0.4, 0.5) is 4.39 Å². The van der Waals surface area contributed by atoms with Gasteiger partial charge in [0.15, 0.2) is 0 Å². The zero-order valence-electron chi connectivity index (χ0n) is 11.6. The molecular formula is C18H20FN. The van der Waals surface area contributed by atoms with Crippen molar-refractivity contribution >= 4 is 0 Å². The quantitative estimate of drug-likeness (QED) is 0.868. The maximum absolute atomic E-state index is 12.8. The van der Waals surface area contributed by atoms with Gasteiger partial charge in [0.1, 0.15) is 5.82 Å². The van der Waals surface area contributed by atoms with E-state index in [4.69, 9.17) is 0 Å². The number of rotatable bonds is 5. The Balaban J connectivity index is 1.38. The molecule has 2 aromatic rings. The lowest BCUT2D eigenvalue weighted by Gasteiger charge is -2.36. The summed E-state index contributed by atoms with van der Waals surface area (Å²) >= 11 is 0. The van der Waals surface area contributed by atoms with Gasteiger partial charge in [0.2, 0.25) is 0 Å². The molecule has 20 heavy (non-hydrogen) atoms. The van der Waals surface area contributed by atoms with Gasteiger partial charge in [-0.1, -0.05) is 42.5 Å². The zero-order valence-corrected chi connectivity index (χ0v) is 11.6. The van der Waals surface area contributed by atoms with Gasteiger partial charge in [0.05, 0.1) is 0 Å². The number of hydrogen-bond acceptors (Lipinski definition) is 1. The van der Waals surface area contributed by atoms with Crippen molar-refractivity contribution in [2.45, 2.75) is 31.2 Å². The summed E-state index contributed by atoms with van der Waals surface area (Å²) in [4.78, 5) is 0. The third kappa shape index (κ3) is 3.26. The third-order valence-electron chi connectivity index (χ3n) is 4.17. The van der Waals surface area contributed by atoms with E-state index in [1.165, 1.54) is 36.1 Å². The molecule has 104 valence electrons. The second-order valence-corrected chi connectivity index (χ2v) is 5.61. The van der Waals surface area contributed by atoms with Crippen LogP contribution in [0, 0.1) is 5.82 Å². The Hall–Kier alpha value is -1.67. The van der Waals surface area contributed by atoms with Gasteiger partial charge in [-0.05, 0) is 55.0 Å². The molecule has 1 nitrogen and oxygen atoms in total. The van der Waals surface area contributed by atoms with Crippen LogP contribution in [0.25, 0.3) is 0 Å². The first-order valence-corrected chi connectivity index (χ1v) is 7.34. The standard InChI is InChI=1S/C18H20FN/c19-17-8-6-14(7-9-17)10-11-20-18-12-16(13-18)15-4-2-1-3-5-15/h1-9,16,18,20H,10-13H2. The molecule has 0 aliphatic heterocycles. The van der Waals surface area contributed by atoms with Crippen LogP contribution in [0.2, 0.25) is 0 Å². The van der Waals surface area contributed by atoms with Crippen LogP contribution < -0.4 is 5.32 Å². The molecule has 0 saturated heterocycles. The Morgan fingerprint density at radius 3 is 2.35 bits per heavy atom. The molecule has 0 atom stereocenters. The van der Waals surface area contributed by atoms with E-state index in [1.54, 1.807) is 0 Å².